The zero-order valence-corrected chi connectivity index (χ0v) is 14.1. The van der Waals surface area contributed by atoms with Crippen molar-refractivity contribution < 1.29 is 9.13 Å². The van der Waals surface area contributed by atoms with Crippen molar-refractivity contribution in [1.82, 2.24) is 5.32 Å². The van der Waals surface area contributed by atoms with E-state index in [0.29, 0.717) is 33.6 Å². The molecule has 0 saturated heterocycles. The Morgan fingerprint density at radius 2 is 2.05 bits per heavy atom. The van der Waals surface area contributed by atoms with Gasteiger partial charge in [0.25, 0.3) is 0 Å². The summed E-state index contributed by atoms with van der Waals surface area (Å²) in [7, 11) is 0. The normalized spacial score (nSPS) is 11.0. The maximum atomic E-state index is 13.3. The summed E-state index contributed by atoms with van der Waals surface area (Å²) < 4.78 is 19.5. The maximum absolute atomic E-state index is 13.3. The third-order valence-electron chi connectivity index (χ3n) is 2.86. The van der Waals surface area contributed by atoms with E-state index >= 15 is 0 Å². The molecule has 0 saturated carbocycles. The minimum Gasteiger partial charge on any atom is -0.455 e. The van der Waals surface area contributed by atoms with Gasteiger partial charge in [0.15, 0.2) is 0 Å². The molecule has 2 aromatic rings. The Labute approximate surface area is 137 Å². The second-order valence-electron chi connectivity index (χ2n) is 4.94. The fourth-order valence-electron chi connectivity index (χ4n) is 1.78. The Bertz CT molecular complexity index is 634. The zero-order valence-electron chi connectivity index (χ0n) is 11.8. The summed E-state index contributed by atoms with van der Waals surface area (Å²) >= 11 is 9.37. The summed E-state index contributed by atoms with van der Waals surface area (Å²) in [5, 5.41) is 3.85. The molecule has 0 aliphatic rings. The number of benzene rings is 2. The molecule has 1 N–H and O–H groups in total. The predicted octanol–water partition coefficient (Wildman–Crippen LogP) is 5.53. The lowest BCUT2D eigenvalue weighted by Gasteiger charge is -2.15. The van der Waals surface area contributed by atoms with E-state index in [1.54, 1.807) is 18.2 Å². The van der Waals surface area contributed by atoms with Gasteiger partial charge < -0.3 is 10.1 Å². The molecule has 0 heterocycles. The summed E-state index contributed by atoms with van der Waals surface area (Å²) in [6.45, 7) is 4.79. The first-order valence-corrected chi connectivity index (χ1v) is 7.78. The molecule has 0 radical (unpaired) electrons. The molecule has 0 bridgehead atoms. The van der Waals surface area contributed by atoms with Crippen molar-refractivity contribution in [1.29, 1.82) is 0 Å². The van der Waals surface area contributed by atoms with Gasteiger partial charge in [-0.25, -0.2) is 4.39 Å². The summed E-state index contributed by atoms with van der Waals surface area (Å²) in [5.41, 5.74) is 0.955. The van der Waals surface area contributed by atoms with Gasteiger partial charge in [-0.3, -0.25) is 0 Å². The second-order valence-corrected chi connectivity index (χ2v) is 6.20. The van der Waals surface area contributed by atoms with E-state index < -0.39 is 0 Å². The lowest BCUT2D eigenvalue weighted by molar-refractivity contribution is 0.467. The van der Waals surface area contributed by atoms with Gasteiger partial charge in [-0.1, -0.05) is 37.6 Å². The molecule has 0 aromatic heterocycles. The Morgan fingerprint density at radius 3 is 2.71 bits per heavy atom. The van der Waals surface area contributed by atoms with Crippen molar-refractivity contribution in [2.24, 2.45) is 0 Å². The molecule has 112 valence electrons. The Kier molecular flexibility index (Phi) is 5.62. The predicted molar refractivity (Wildman–Crippen MR) is 87.6 cm³/mol. The molecule has 21 heavy (non-hydrogen) atoms. The van der Waals surface area contributed by atoms with Gasteiger partial charge >= 0.3 is 0 Å². The summed E-state index contributed by atoms with van der Waals surface area (Å²) in [6.07, 6.45) is 0. The molecule has 0 aliphatic carbocycles. The van der Waals surface area contributed by atoms with Gasteiger partial charge in [0, 0.05) is 18.2 Å². The monoisotopic (exact) mass is 371 g/mol. The van der Waals surface area contributed by atoms with E-state index in [-0.39, 0.29) is 5.82 Å². The molecule has 2 nitrogen and oxygen atoms in total. The Morgan fingerprint density at radius 1 is 1.29 bits per heavy atom. The third-order valence-corrected chi connectivity index (χ3v) is 3.77. The average Bonchev–Trinajstić information content (AvgIpc) is 2.43. The highest BCUT2D eigenvalue weighted by Gasteiger charge is 2.11. The van der Waals surface area contributed by atoms with Crippen molar-refractivity contribution in [3.05, 3.63) is 57.3 Å². The van der Waals surface area contributed by atoms with Crippen LogP contribution in [0.5, 0.6) is 11.5 Å². The van der Waals surface area contributed by atoms with E-state index in [1.807, 2.05) is 12.1 Å². The number of hydrogen-bond donors (Lipinski definition) is 1. The summed E-state index contributed by atoms with van der Waals surface area (Å²) in [5.74, 6) is 0.788. The summed E-state index contributed by atoms with van der Waals surface area (Å²) in [6, 6.07) is 10.5. The van der Waals surface area contributed by atoms with Gasteiger partial charge in [-0.2, -0.15) is 0 Å². The smallest absolute Gasteiger partial charge is 0.150 e. The molecule has 0 fully saturated rings. The lowest BCUT2D eigenvalue weighted by Crippen LogP contribution is -2.22. The van der Waals surface area contributed by atoms with E-state index in [1.165, 1.54) is 6.07 Å². The minimum atomic E-state index is -0.330. The van der Waals surface area contributed by atoms with Crippen LogP contribution in [0, 0.1) is 5.82 Å². The van der Waals surface area contributed by atoms with Crippen LogP contribution in [0.15, 0.2) is 40.9 Å². The molecule has 0 amide bonds. The molecular weight excluding hydrogens is 357 g/mol. The van der Waals surface area contributed by atoms with E-state index in [9.17, 15) is 4.39 Å². The van der Waals surface area contributed by atoms with Gasteiger partial charge in [0.05, 0.1) is 9.50 Å². The van der Waals surface area contributed by atoms with Crippen LogP contribution in [-0.2, 0) is 6.54 Å². The van der Waals surface area contributed by atoms with Crippen LogP contribution >= 0.6 is 27.5 Å². The van der Waals surface area contributed by atoms with E-state index in [0.717, 1.165) is 5.56 Å². The molecule has 0 aliphatic heterocycles. The molecule has 0 unspecified atom stereocenters. The van der Waals surface area contributed by atoms with E-state index in [4.69, 9.17) is 16.3 Å². The highest BCUT2D eigenvalue weighted by molar-refractivity contribution is 9.10. The minimum absolute atomic E-state index is 0.330. The molecular formula is C16H16BrClFNO. The van der Waals surface area contributed by atoms with Crippen LogP contribution in [0.1, 0.15) is 19.4 Å². The van der Waals surface area contributed by atoms with Crippen molar-refractivity contribution in [2.75, 3.05) is 0 Å². The van der Waals surface area contributed by atoms with Crippen LogP contribution in [0.3, 0.4) is 0 Å². The SMILES string of the molecule is CC(C)NCc1cccc(Cl)c1Oc1ccc(F)c(Br)c1. The molecule has 2 rings (SSSR count). The van der Waals surface area contributed by atoms with Crippen LogP contribution in [0.25, 0.3) is 0 Å². The van der Waals surface area contributed by atoms with Gasteiger partial charge in [0.1, 0.15) is 17.3 Å². The standard InChI is InChI=1S/C16H16BrClFNO/c1-10(2)20-9-11-4-3-5-14(18)16(11)21-12-6-7-15(19)13(17)8-12/h3-8,10,20H,9H2,1-2H3. The first-order chi connectivity index (χ1) is 9.97. The lowest BCUT2D eigenvalue weighted by atomic mass is 10.2. The number of para-hydroxylation sites is 1. The topological polar surface area (TPSA) is 21.3 Å². The van der Waals surface area contributed by atoms with Gasteiger partial charge in [0.2, 0.25) is 0 Å². The number of hydrogen-bond acceptors (Lipinski definition) is 2. The van der Waals surface area contributed by atoms with Crippen molar-refractivity contribution >= 4 is 27.5 Å². The average molecular weight is 373 g/mol. The van der Waals surface area contributed by atoms with Crippen molar-refractivity contribution in [2.45, 2.75) is 26.4 Å². The van der Waals surface area contributed by atoms with Gasteiger partial charge in [-0.05, 0) is 40.2 Å². The number of ether oxygens (including phenoxy) is 1. The first kappa shape index (κ1) is 16.3. The molecule has 5 heteroatoms. The molecule has 0 spiro atoms. The van der Waals surface area contributed by atoms with Crippen LogP contribution in [0.4, 0.5) is 4.39 Å². The van der Waals surface area contributed by atoms with E-state index in [2.05, 4.69) is 35.1 Å². The van der Waals surface area contributed by atoms with Crippen LogP contribution < -0.4 is 10.1 Å². The zero-order chi connectivity index (χ0) is 15.4. The second kappa shape index (κ2) is 7.25. The Hall–Kier alpha value is -1.10. The number of nitrogens with one attached hydrogen (secondary N) is 1. The Balaban J connectivity index is 2.27. The largest absolute Gasteiger partial charge is 0.455 e. The number of halogens is 3. The van der Waals surface area contributed by atoms with Crippen LogP contribution in [0.2, 0.25) is 5.02 Å². The fourth-order valence-corrected chi connectivity index (χ4v) is 2.37. The molecule has 2 aromatic carbocycles. The van der Waals surface area contributed by atoms with Crippen molar-refractivity contribution in [3.8, 4) is 11.5 Å². The fraction of sp³-hybridized carbons (Fsp3) is 0.250. The third kappa shape index (κ3) is 4.43. The maximum Gasteiger partial charge on any atom is 0.150 e. The quantitative estimate of drug-likeness (QED) is 0.745. The first-order valence-electron chi connectivity index (χ1n) is 6.61. The van der Waals surface area contributed by atoms with Gasteiger partial charge in [-0.15, -0.1) is 0 Å². The number of rotatable bonds is 5. The summed E-state index contributed by atoms with van der Waals surface area (Å²) in [4.78, 5) is 0. The van der Waals surface area contributed by atoms with Crippen LogP contribution in [-0.4, -0.2) is 6.04 Å². The highest BCUT2D eigenvalue weighted by atomic mass is 79.9. The van der Waals surface area contributed by atoms with Crippen molar-refractivity contribution in [3.63, 3.8) is 0 Å². The molecule has 0 atom stereocenters. The highest BCUT2D eigenvalue weighted by Crippen LogP contribution is 2.34.